The molecule has 1 fully saturated rings. The third-order valence-corrected chi connectivity index (χ3v) is 5.48. The fourth-order valence-corrected chi connectivity index (χ4v) is 3.67. The van der Waals surface area contributed by atoms with Gasteiger partial charge in [-0.25, -0.2) is 0 Å². The number of hydrogen-bond donors (Lipinski definition) is 1. The molecule has 0 saturated carbocycles. The summed E-state index contributed by atoms with van der Waals surface area (Å²) < 4.78 is 0. The second-order valence-electron chi connectivity index (χ2n) is 6.63. The van der Waals surface area contributed by atoms with Gasteiger partial charge in [-0.3, -0.25) is 0 Å². The maximum Gasteiger partial charge on any atom is 0.173 e. The number of hydrogen-bond acceptors (Lipinski definition) is 2. The normalized spacial score (nSPS) is 14.5. The van der Waals surface area contributed by atoms with Crippen molar-refractivity contribution < 1.29 is 0 Å². The molecule has 25 heavy (non-hydrogen) atoms. The van der Waals surface area contributed by atoms with Crippen LogP contribution < -0.4 is 10.2 Å². The Morgan fingerprint density at radius 2 is 1.72 bits per heavy atom. The zero-order valence-corrected chi connectivity index (χ0v) is 16.2. The van der Waals surface area contributed by atoms with Crippen molar-refractivity contribution in [1.82, 2.24) is 4.90 Å². The average Bonchev–Trinajstić information content (AvgIpc) is 2.64. The average molecular weight is 354 g/mol. The highest BCUT2D eigenvalue weighted by molar-refractivity contribution is 7.80. The Labute approximate surface area is 156 Å². The van der Waals surface area contributed by atoms with Crippen molar-refractivity contribution in [3.05, 3.63) is 59.2 Å². The van der Waals surface area contributed by atoms with Crippen LogP contribution in [0.1, 0.15) is 23.6 Å². The van der Waals surface area contributed by atoms with E-state index in [1.54, 1.807) is 0 Å². The lowest BCUT2D eigenvalue weighted by atomic mass is 10.1. The first-order valence-electron chi connectivity index (χ1n) is 9.05. The Hall–Kier alpha value is -2.07. The molecule has 132 valence electrons. The number of thiocarbonyl (C=S) groups is 1. The number of nitrogens with zero attached hydrogens (tertiary/aromatic N) is 2. The smallest absolute Gasteiger partial charge is 0.173 e. The van der Waals surface area contributed by atoms with Crippen LogP contribution in [0.3, 0.4) is 0 Å². The molecule has 0 spiro atoms. The fourth-order valence-electron chi connectivity index (χ4n) is 3.37. The quantitative estimate of drug-likeness (QED) is 0.825. The minimum Gasteiger partial charge on any atom is -0.368 e. The maximum absolute atomic E-state index is 5.66. The van der Waals surface area contributed by atoms with Crippen LogP contribution in [0.25, 0.3) is 0 Å². The van der Waals surface area contributed by atoms with Gasteiger partial charge in [0.25, 0.3) is 0 Å². The van der Waals surface area contributed by atoms with E-state index in [1.165, 1.54) is 22.4 Å². The predicted molar refractivity (Wildman–Crippen MR) is 112 cm³/mol. The number of rotatable bonds is 3. The number of para-hydroxylation sites is 1. The van der Waals surface area contributed by atoms with Gasteiger partial charge in [0.05, 0.1) is 0 Å². The molecule has 3 nitrogen and oxygen atoms in total. The topological polar surface area (TPSA) is 18.5 Å². The van der Waals surface area contributed by atoms with Crippen molar-refractivity contribution in [3.8, 4) is 0 Å². The van der Waals surface area contributed by atoms with E-state index in [1.807, 2.05) is 0 Å². The molecule has 0 bridgehead atoms. The Morgan fingerprint density at radius 3 is 2.44 bits per heavy atom. The fraction of sp³-hybridized carbons (Fsp3) is 0.381. The van der Waals surface area contributed by atoms with E-state index in [2.05, 4.69) is 78.4 Å². The molecule has 0 aromatic heterocycles. The molecular formula is C21H27N3S. The molecule has 2 aromatic carbocycles. The summed E-state index contributed by atoms with van der Waals surface area (Å²) in [5, 5.41) is 4.28. The van der Waals surface area contributed by atoms with Crippen LogP contribution in [0.2, 0.25) is 0 Å². The van der Waals surface area contributed by atoms with Crippen molar-refractivity contribution in [2.24, 2.45) is 0 Å². The molecule has 0 amide bonds. The molecule has 1 N–H and O–H groups in total. The second kappa shape index (κ2) is 7.87. The van der Waals surface area contributed by atoms with Gasteiger partial charge >= 0.3 is 0 Å². The third kappa shape index (κ3) is 3.96. The van der Waals surface area contributed by atoms with Crippen LogP contribution in [-0.4, -0.2) is 36.2 Å². The minimum atomic E-state index is 0.835. The Balaban J connectivity index is 1.62. The Morgan fingerprint density at radius 1 is 1.00 bits per heavy atom. The molecule has 1 heterocycles. The van der Waals surface area contributed by atoms with Gasteiger partial charge < -0.3 is 15.1 Å². The molecule has 0 atom stereocenters. The highest BCUT2D eigenvalue weighted by Gasteiger charge is 2.20. The summed E-state index contributed by atoms with van der Waals surface area (Å²) >= 11 is 5.66. The Kier molecular flexibility index (Phi) is 5.59. The standard InChI is InChI=1S/C21H27N3S/c1-4-18-9-5-6-10-19(18)22-21(25)24-14-12-23(13-15-24)20-11-7-8-16(2)17(20)3/h5-11H,4,12-15H2,1-3H3,(H,22,25). The number of nitrogens with one attached hydrogen (secondary N) is 1. The van der Waals surface area contributed by atoms with E-state index in [-0.39, 0.29) is 0 Å². The number of benzene rings is 2. The van der Waals surface area contributed by atoms with E-state index in [0.717, 1.165) is 43.4 Å². The lowest BCUT2D eigenvalue weighted by Gasteiger charge is -2.38. The van der Waals surface area contributed by atoms with Crippen LogP contribution >= 0.6 is 12.2 Å². The van der Waals surface area contributed by atoms with Crippen molar-refractivity contribution >= 4 is 28.7 Å². The summed E-state index contributed by atoms with van der Waals surface area (Å²) in [6, 6.07) is 15.0. The van der Waals surface area contributed by atoms with Crippen molar-refractivity contribution in [2.75, 3.05) is 36.4 Å². The third-order valence-electron chi connectivity index (χ3n) is 5.12. The van der Waals surface area contributed by atoms with Gasteiger partial charge in [-0.15, -0.1) is 0 Å². The minimum absolute atomic E-state index is 0.835. The molecule has 0 aliphatic carbocycles. The van der Waals surface area contributed by atoms with Crippen LogP contribution in [0.4, 0.5) is 11.4 Å². The summed E-state index contributed by atoms with van der Waals surface area (Å²) in [5.41, 5.74) is 6.53. The molecular weight excluding hydrogens is 326 g/mol. The van der Waals surface area contributed by atoms with Crippen molar-refractivity contribution in [3.63, 3.8) is 0 Å². The number of piperazine rings is 1. The molecule has 0 radical (unpaired) electrons. The zero-order valence-electron chi connectivity index (χ0n) is 15.4. The predicted octanol–water partition coefficient (Wildman–Crippen LogP) is 4.38. The van der Waals surface area contributed by atoms with E-state index < -0.39 is 0 Å². The summed E-state index contributed by atoms with van der Waals surface area (Å²) in [6.07, 6.45) is 1.01. The number of aryl methyl sites for hydroxylation is 2. The molecule has 2 aromatic rings. The zero-order chi connectivity index (χ0) is 17.8. The van der Waals surface area contributed by atoms with Crippen LogP contribution in [0, 0.1) is 13.8 Å². The van der Waals surface area contributed by atoms with E-state index in [0.29, 0.717) is 0 Å². The van der Waals surface area contributed by atoms with E-state index >= 15 is 0 Å². The Bertz CT molecular complexity index is 749. The largest absolute Gasteiger partial charge is 0.368 e. The first-order valence-corrected chi connectivity index (χ1v) is 9.46. The van der Waals surface area contributed by atoms with Gasteiger partial charge in [-0.05, 0) is 61.3 Å². The first kappa shape index (κ1) is 17.7. The van der Waals surface area contributed by atoms with Gasteiger partial charge in [0.1, 0.15) is 0 Å². The number of anilines is 2. The molecule has 1 aliphatic heterocycles. The summed E-state index contributed by atoms with van der Waals surface area (Å²) in [5.74, 6) is 0. The van der Waals surface area contributed by atoms with Crippen LogP contribution in [-0.2, 0) is 6.42 Å². The molecule has 3 rings (SSSR count). The SMILES string of the molecule is CCc1ccccc1NC(=S)N1CCN(c2cccc(C)c2C)CC1. The van der Waals surface area contributed by atoms with E-state index in [9.17, 15) is 0 Å². The monoisotopic (exact) mass is 353 g/mol. The van der Waals surface area contributed by atoms with Crippen LogP contribution in [0.5, 0.6) is 0 Å². The van der Waals surface area contributed by atoms with Gasteiger partial charge in [-0.2, -0.15) is 0 Å². The summed E-state index contributed by atoms with van der Waals surface area (Å²) in [4.78, 5) is 4.75. The highest BCUT2D eigenvalue weighted by atomic mass is 32.1. The van der Waals surface area contributed by atoms with Gasteiger partial charge in [0.15, 0.2) is 5.11 Å². The first-order chi connectivity index (χ1) is 12.1. The van der Waals surface area contributed by atoms with Crippen molar-refractivity contribution in [1.29, 1.82) is 0 Å². The second-order valence-corrected chi connectivity index (χ2v) is 7.02. The lowest BCUT2D eigenvalue weighted by molar-refractivity contribution is 0.390. The summed E-state index contributed by atoms with van der Waals surface area (Å²) in [7, 11) is 0. The summed E-state index contributed by atoms with van der Waals surface area (Å²) in [6.45, 7) is 10.5. The molecule has 4 heteroatoms. The highest BCUT2D eigenvalue weighted by Crippen LogP contribution is 2.24. The van der Waals surface area contributed by atoms with Gasteiger partial charge in [0, 0.05) is 37.6 Å². The van der Waals surface area contributed by atoms with E-state index in [4.69, 9.17) is 12.2 Å². The maximum atomic E-state index is 5.66. The van der Waals surface area contributed by atoms with Gasteiger partial charge in [-0.1, -0.05) is 37.3 Å². The van der Waals surface area contributed by atoms with Gasteiger partial charge in [0.2, 0.25) is 0 Å². The molecule has 1 aliphatic rings. The van der Waals surface area contributed by atoms with Crippen LogP contribution in [0.15, 0.2) is 42.5 Å². The van der Waals surface area contributed by atoms with Crippen molar-refractivity contribution in [2.45, 2.75) is 27.2 Å². The molecule has 0 unspecified atom stereocenters. The lowest BCUT2D eigenvalue weighted by Crippen LogP contribution is -2.50. The molecule has 1 saturated heterocycles.